The zero-order chi connectivity index (χ0) is 22.4. The average Bonchev–Trinajstić information content (AvgIpc) is 2.75. The van der Waals surface area contributed by atoms with Gasteiger partial charge >= 0.3 is 0 Å². The third kappa shape index (κ3) is 5.80. The first kappa shape index (κ1) is 22.3. The summed E-state index contributed by atoms with van der Waals surface area (Å²) in [4.78, 5) is 12.0. The van der Waals surface area contributed by atoms with Crippen LogP contribution in [-0.2, 0) is 14.8 Å². The first-order valence-corrected chi connectivity index (χ1v) is 10.8. The molecule has 0 aromatic heterocycles. The summed E-state index contributed by atoms with van der Waals surface area (Å²) in [5, 5.41) is 13.0. The number of para-hydroxylation sites is 2. The molecule has 0 bridgehead atoms. The molecular formula is C21H19ClN2O6S. The van der Waals surface area contributed by atoms with Gasteiger partial charge in [0.15, 0.2) is 6.61 Å². The summed E-state index contributed by atoms with van der Waals surface area (Å²) in [6.07, 6.45) is 0. The molecule has 0 heterocycles. The van der Waals surface area contributed by atoms with Crippen LogP contribution in [-0.4, -0.2) is 33.1 Å². The van der Waals surface area contributed by atoms with Crippen molar-refractivity contribution < 1.29 is 27.8 Å². The van der Waals surface area contributed by atoms with Crippen LogP contribution in [0.4, 0.5) is 11.4 Å². The summed E-state index contributed by atoms with van der Waals surface area (Å²) < 4.78 is 38.4. The number of carbonyl (C=O) groups excluding carboxylic acids is 1. The van der Waals surface area contributed by atoms with E-state index in [2.05, 4.69) is 10.0 Å². The molecule has 8 nitrogen and oxygen atoms in total. The molecule has 0 aliphatic rings. The van der Waals surface area contributed by atoms with Crippen LogP contribution in [0.5, 0.6) is 17.2 Å². The van der Waals surface area contributed by atoms with Gasteiger partial charge < -0.3 is 19.9 Å². The molecule has 0 aliphatic carbocycles. The van der Waals surface area contributed by atoms with Crippen molar-refractivity contribution in [3.8, 4) is 17.2 Å². The molecule has 3 aromatic carbocycles. The third-order valence-electron chi connectivity index (χ3n) is 4.09. The largest absolute Gasteiger partial charge is 0.506 e. The second kappa shape index (κ2) is 9.59. The lowest BCUT2D eigenvalue weighted by Crippen LogP contribution is -2.20. The van der Waals surface area contributed by atoms with Crippen LogP contribution < -0.4 is 19.5 Å². The maximum Gasteiger partial charge on any atom is 0.262 e. The Morgan fingerprint density at radius 2 is 1.74 bits per heavy atom. The van der Waals surface area contributed by atoms with Gasteiger partial charge in [-0.05, 0) is 54.6 Å². The first-order valence-electron chi connectivity index (χ1n) is 8.95. The Morgan fingerprint density at radius 3 is 2.45 bits per heavy atom. The predicted octanol–water partition coefficient (Wildman–Crippen LogP) is 3.87. The lowest BCUT2D eigenvalue weighted by atomic mass is 10.3. The number of rotatable bonds is 8. The molecule has 0 spiro atoms. The number of sulfonamides is 1. The molecule has 0 aliphatic heterocycles. The number of amides is 1. The van der Waals surface area contributed by atoms with Crippen molar-refractivity contribution in [3.63, 3.8) is 0 Å². The van der Waals surface area contributed by atoms with E-state index in [1.807, 2.05) is 0 Å². The predicted molar refractivity (Wildman–Crippen MR) is 117 cm³/mol. The van der Waals surface area contributed by atoms with E-state index in [9.17, 15) is 18.3 Å². The van der Waals surface area contributed by atoms with Gasteiger partial charge in [-0.25, -0.2) is 8.42 Å². The smallest absolute Gasteiger partial charge is 0.262 e. The fourth-order valence-corrected chi connectivity index (χ4v) is 3.80. The second-order valence-electron chi connectivity index (χ2n) is 6.28. The topological polar surface area (TPSA) is 114 Å². The average molecular weight is 463 g/mol. The van der Waals surface area contributed by atoms with Crippen molar-refractivity contribution in [3.05, 3.63) is 71.8 Å². The zero-order valence-corrected chi connectivity index (χ0v) is 17.9. The summed E-state index contributed by atoms with van der Waals surface area (Å²) in [6, 6.07) is 16.5. The molecule has 0 unspecified atom stereocenters. The molecule has 31 heavy (non-hydrogen) atoms. The first-order chi connectivity index (χ1) is 14.8. The quantitative estimate of drug-likeness (QED) is 0.438. The van der Waals surface area contributed by atoms with Crippen LogP contribution in [0.3, 0.4) is 0 Å². The fraction of sp³-hybridized carbons (Fsp3) is 0.0952. The molecule has 10 heteroatoms. The van der Waals surface area contributed by atoms with Gasteiger partial charge in [-0.1, -0.05) is 23.7 Å². The molecule has 3 rings (SSSR count). The van der Waals surface area contributed by atoms with E-state index in [1.54, 1.807) is 48.5 Å². The highest BCUT2D eigenvalue weighted by Crippen LogP contribution is 2.30. The standard InChI is InChI=1S/C21H19ClN2O6S/c1-29-20-5-3-2-4-17(20)24-31(27,28)16-10-11-19(25)18(12-16)23-21(26)13-30-15-8-6-14(22)7-9-15/h2-12,24-25H,13H2,1H3,(H,23,26). The number of halogens is 1. The Labute approximate surface area is 184 Å². The van der Waals surface area contributed by atoms with E-state index in [4.69, 9.17) is 21.1 Å². The van der Waals surface area contributed by atoms with Crippen molar-refractivity contribution in [2.75, 3.05) is 23.8 Å². The number of anilines is 2. The number of phenolic OH excluding ortho intramolecular Hbond substituents is 1. The van der Waals surface area contributed by atoms with Gasteiger partial charge in [0.25, 0.3) is 15.9 Å². The molecule has 0 saturated heterocycles. The summed E-state index contributed by atoms with van der Waals surface area (Å²) >= 11 is 5.79. The Bertz CT molecular complexity index is 1180. The summed E-state index contributed by atoms with van der Waals surface area (Å²) in [7, 11) is -2.59. The molecule has 0 atom stereocenters. The third-order valence-corrected chi connectivity index (χ3v) is 5.70. The molecule has 0 saturated carbocycles. The lowest BCUT2D eigenvalue weighted by molar-refractivity contribution is -0.118. The Morgan fingerprint density at radius 1 is 1.03 bits per heavy atom. The molecular weight excluding hydrogens is 444 g/mol. The highest BCUT2D eigenvalue weighted by atomic mass is 35.5. The molecule has 0 fully saturated rings. The fourth-order valence-electron chi connectivity index (χ4n) is 2.58. The van der Waals surface area contributed by atoms with Gasteiger partial charge in [0, 0.05) is 5.02 Å². The monoisotopic (exact) mass is 462 g/mol. The van der Waals surface area contributed by atoms with Gasteiger partial charge in [-0.15, -0.1) is 0 Å². The van der Waals surface area contributed by atoms with Gasteiger partial charge in [0.1, 0.15) is 17.2 Å². The van der Waals surface area contributed by atoms with Gasteiger partial charge in [0.2, 0.25) is 0 Å². The van der Waals surface area contributed by atoms with E-state index in [1.165, 1.54) is 19.2 Å². The molecule has 162 valence electrons. The number of phenols is 1. The summed E-state index contributed by atoms with van der Waals surface area (Å²) in [5.74, 6) is -0.104. The minimum Gasteiger partial charge on any atom is -0.506 e. The normalized spacial score (nSPS) is 10.9. The number of ether oxygens (including phenoxy) is 2. The van der Waals surface area contributed by atoms with Gasteiger partial charge in [-0.3, -0.25) is 9.52 Å². The molecule has 3 N–H and O–H groups in total. The minimum absolute atomic E-state index is 0.0763. The maximum atomic E-state index is 12.8. The maximum absolute atomic E-state index is 12.8. The highest BCUT2D eigenvalue weighted by molar-refractivity contribution is 7.92. The van der Waals surface area contributed by atoms with Crippen molar-refractivity contribution in [2.24, 2.45) is 0 Å². The van der Waals surface area contributed by atoms with Crippen LogP contribution in [0, 0.1) is 0 Å². The van der Waals surface area contributed by atoms with E-state index in [0.717, 1.165) is 6.07 Å². The number of carbonyl (C=O) groups is 1. The van der Waals surface area contributed by atoms with Crippen LogP contribution in [0.15, 0.2) is 71.6 Å². The van der Waals surface area contributed by atoms with E-state index in [-0.39, 0.29) is 28.6 Å². The van der Waals surface area contributed by atoms with Crippen LogP contribution in [0.25, 0.3) is 0 Å². The van der Waals surface area contributed by atoms with E-state index < -0.39 is 15.9 Å². The number of nitrogens with one attached hydrogen (secondary N) is 2. The minimum atomic E-state index is -4.02. The van der Waals surface area contributed by atoms with Crippen molar-refractivity contribution in [1.29, 1.82) is 0 Å². The van der Waals surface area contributed by atoms with Crippen LogP contribution in [0.1, 0.15) is 0 Å². The number of aromatic hydroxyl groups is 1. The Hall–Kier alpha value is -3.43. The summed E-state index contributed by atoms with van der Waals surface area (Å²) in [5.41, 5.74) is 0.174. The molecule has 0 radical (unpaired) electrons. The number of benzene rings is 3. The Kier molecular flexibility index (Phi) is 6.88. The highest BCUT2D eigenvalue weighted by Gasteiger charge is 2.19. The Balaban J connectivity index is 1.73. The zero-order valence-electron chi connectivity index (χ0n) is 16.3. The lowest BCUT2D eigenvalue weighted by Gasteiger charge is -2.13. The van der Waals surface area contributed by atoms with Crippen molar-refractivity contribution in [1.82, 2.24) is 0 Å². The van der Waals surface area contributed by atoms with E-state index >= 15 is 0 Å². The molecule has 1 amide bonds. The number of hydrogen-bond donors (Lipinski definition) is 3. The molecule has 3 aromatic rings. The SMILES string of the molecule is COc1ccccc1NS(=O)(=O)c1ccc(O)c(NC(=O)COc2ccc(Cl)cc2)c1. The van der Waals surface area contributed by atoms with Crippen LogP contribution >= 0.6 is 11.6 Å². The van der Waals surface area contributed by atoms with Crippen LogP contribution in [0.2, 0.25) is 5.02 Å². The van der Waals surface area contributed by atoms with Gasteiger partial charge in [0.05, 0.1) is 23.4 Å². The number of methoxy groups -OCH3 is 1. The van der Waals surface area contributed by atoms with Crippen molar-refractivity contribution >= 4 is 38.9 Å². The van der Waals surface area contributed by atoms with Crippen molar-refractivity contribution in [2.45, 2.75) is 4.90 Å². The summed E-state index contributed by atoms with van der Waals surface area (Å²) in [6.45, 7) is -0.350. The second-order valence-corrected chi connectivity index (χ2v) is 8.39. The number of hydrogen-bond acceptors (Lipinski definition) is 6. The van der Waals surface area contributed by atoms with E-state index in [0.29, 0.717) is 16.5 Å². The van der Waals surface area contributed by atoms with Gasteiger partial charge in [-0.2, -0.15) is 0 Å².